The Morgan fingerprint density at radius 3 is 2.68 bits per heavy atom. The fraction of sp³-hybridized carbons (Fsp3) is 0.292. The van der Waals surface area contributed by atoms with E-state index in [-0.39, 0.29) is 0 Å². The summed E-state index contributed by atoms with van der Waals surface area (Å²) in [6.45, 7) is 4.13. The van der Waals surface area contributed by atoms with E-state index in [2.05, 4.69) is 54.5 Å². The third kappa shape index (κ3) is 4.45. The molecule has 0 aliphatic carbocycles. The summed E-state index contributed by atoms with van der Waals surface area (Å²) in [6.07, 6.45) is 11.3. The Morgan fingerprint density at radius 1 is 1.00 bits per heavy atom. The van der Waals surface area contributed by atoms with E-state index in [0.29, 0.717) is 13.2 Å². The van der Waals surface area contributed by atoms with E-state index >= 15 is 0 Å². The van der Waals surface area contributed by atoms with E-state index in [4.69, 9.17) is 9.47 Å². The molecule has 0 N–H and O–H groups in total. The highest BCUT2D eigenvalue weighted by atomic mass is 16.6. The molecule has 4 heteroatoms. The summed E-state index contributed by atoms with van der Waals surface area (Å²) in [5.74, 6) is 1.73. The van der Waals surface area contributed by atoms with E-state index in [0.717, 1.165) is 37.3 Å². The average molecular weight is 374 g/mol. The van der Waals surface area contributed by atoms with Crippen molar-refractivity contribution in [3.8, 4) is 11.5 Å². The van der Waals surface area contributed by atoms with Crippen LogP contribution in [0.4, 0.5) is 0 Å². The summed E-state index contributed by atoms with van der Waals surface area (Å²) in [7, 11) is 0. The Balaban J connectivity index is 1.44. The fourth-order valence-electron chi connectivity index (χ4n) is 3.62. The summed E-state index contributed by atoms with van der Waals surface area (Å²) in [5.41, 5.74) is 5.27. The van der Waals surface area contributed by atoms with Gasteiger partial charge in [0.1, 0.15) is 13.2 Å². The quantitative estimate of drug-likeness (QED) is 0.589. The van der Waals surface area contributed by atoms with Crippen LogP contribution >= 0.6 is 0 Å². The van der Waals surface area contributed by atoms with E-state index in [9.17, 15) is 0 Å². The van der Waals surface area contributed by atoms with Gasteiger partial charge < -0.3 is 9.47 Å². The Kier molecular flexibility index (Phi) is 5.76. The number of rotatable bonds is 7. The van der Waals surface area contributed by atoms with Crippen molar-refractivity contribution in [1.29, 1.82) is 0 Å². The topological polar surface area (TPSA) is 36.3 Å². The van der Waals surface area contributed by atoms with Gasteiger partial charge in [-0.1, -0.05) is 36.4 Å². The zero-order valence-corrected chi connectivity index (χ0v) is 16.3. The Bertz CT molecular complexity index is 945. The summed E-state index contributed by atoms with van der Waals surface area (Å²) < 4.78 is 13.3. The lowest BCUT2D eigenvalue weighted by molar-refractivity contribution is 0.171. The number of ether oxygens (including phenoxy) is 2. The van der Waals surface area contributed by atoms with Crippen LogP contribution in [0.5, 0.6) is 11.5 Å². The molecular weight excluding hydrogens is 348 g/mol. The van der Waals surface area contributed by atoms with Crippen molar-refractivity contribution >= 4 is 6.08 Å². The Morgan fingerprint density at radius 2 is 1.86 bits per heavy atom. The van der Waals surface area contributed by atoms with Crippen LogP contribution in [0.2, 0.25) is 0 Å². The van der Waals surface area contributed by atoms with Crippen LogP contribution in [0.1, 0.15) is 35.6 Å². The smallest absolute Gasteiger partial charge is 0.161 e. The van der Waals surface area contributed by atoms with Gasteiger partial charge in [0.15, 0.2) is 11.5 Å². The van der Waals surface area contributed by atoms with Crippen LogP contribution < -0.4 is 9.47 Å². The molecule has 2 heterocycles. The highest BCUT2D eigenvalue weighted by Crippen LogP contribution is 2.31. The molecule has 0 unspecified atom stereocenters. The second kappa shape index (κ2) is 8.79. The van der Waals surface area contributed by atoms with Crippen molar-refractivity contribution in [2.75, 3.05) is 13.2 Å². The van der Waals surface area contributed by atoms with Crippen LogP contribution in [0, 0.1) is 0 Å². The number of benzene rings is 2. The Labute approximate surface area is 166 Å². The molecule has 2 aromatic carbocycles. The van der Waals surface area contributed by atoms with Crippen LogP contribution in [0.3, 0.4) is 0 Å². The first-order chi connectivity index (χ1) is 13.8. The molecular formula is C24H26N2O2. The summed E-state index contributed by atoms with van der Waals surface area (Å²) in [5, 5.41) is 4.32. The lowest BCUT2D eigenvalue weighted by atomic mass is 9.97. The number of aromatic nitrogens is 2. The highest BCUT2D eigenvalue weighted by molar-refractivity contribution is 5.54. The monoisotopic (exact) mass is 374 g/mol. The number of fused-ring (bicyclic) bond motifs is 1. The minimum atomic E-state index is 0.631. The van der Waals surface area contributed by atoms with E-state index in [1.54, 1.807) is 0 Å². The van der Waals surface area contributed by atoms with Gasteiger partial charge in [-0.2, -0.15) is 5.10 Å². The van der Waals surface area contributed by atoms with Crippen LogP contribution in [0.15, 0.2) is 60.9 Å². The van der Waals surface area contributed by atoms with Gasteiger partial charge in [-0.05, 0) is 66.6 Å². The van der Waals surface area contributed by atoms with Gasteiger partial charge in [0.25, 0.3) is 0 Å². The molecule has 4 nitrogen and oxygen atoms in total. The zero-order chi connectivity index (χ0) is 19.2. The molecule has 0 atom stereocenters. The maximum absolute atomic E-state index is 5.70. The highest BCUT2D eigenvalue weighted by Gasteiger charge is 2.11. The second-order valence-electron chi connectivity index (χ2n) is 7.07. The maximum atomic E-state index is 5.70. The molecule has 0 bridgehead atoms. The molecule has 1 aromatic heterocycles. The second-order valence-corrected chi connectivity index (χ2v) is 7.07. The van der Waals surface area contributed by atoms with Gasteiger partial charge in [-0.3, -0.25) is 4.68 Å². The lowest BCUT2D eigenvalue weighted by Gasteiger charge is -2.19. The van der Waals surface area contributed by atoms with Gasteiger partial charge in [0.2, 0.25) is 0 Å². The molecule has 144 valence electrons. The first kappa shape index (κ1) is 18.4. The molecule has 0 saturated heterocycles. The van der Waals surface area contributed by atoms with Crippen LogP contribution in [-0.2, 0) is 19.4 Å². The molecule has 28 heavy (non-hydrogen) atoms. The summed E-state index contributed by atoms with van der Waals surface area (Å²) >= 11 is 0. The molecule has 1 aliphatic heterocycles. The van der Waals surface area contributed by atoms with Crippen molar-refractivity contribution < 1.29 is 9.47 Å². The maximum Gasteiger partial charge on any atom is 0.161 e. The van der Waals surface area contributed by atoms with Crippen molar-refractivity contribution in [3.63, 3.8) is 0 Å². The predicted octanol–water partition coefficient (Wildman–Crippen LogP) is 4.91. The van der Waals surface area contributed by atoms with Crippen LogP contribution in [-0.4, -0.2) is 23.0 Å². The van der Waals surface area contributed by atoms with Crippen LogP contribution in [0.25, 0.3) is 6.08 Å². The largest absolute Gasteiger partial charge is 0.486 e. The predicted molar refractivity (Wildman–Crippen MR) is 112 cm³/mol. The fourth-order valence-corrected chi connectivity index (χ4v) is 3.62. The molecule has 0 spiro atoms. The van der Waals surface area contributed by atoms with Gasteiger partial charge in [-0.25, -0.2) is 0 Å². The van der Waals surface area contributed by atoms with Crippen molar-refractivity contribution in [3.05, 3.63) is 83.2 Å². The number of allylic oxidation sites excluding steroid dienone is 1. The molecule has 0 saturated carbocycles. The van der Waals surface area contributed by atoms with Gasteiger partial charge in [-0.15, -0.1) is 0 Å². The summed E-state index contributed by atoms with van der Waals surface area (Å²) in [6, 6.07) is 15.0. The molecule has 0 amide bonds. The molecule has 1 aliphatic rings. The third-order valence-corrected chi connectivity index (χ3v) is 4.98. The molecule has 4 rings (SSSR count). The first-order valence-corrected chi connectivity index (χ1v) is 9.92. The van der Waals surface area contributed by atoms with Gasteiger partial charge in [0, 0.05) is 12.4 Å². The minimum absolute atomic E-state index is 0.631. The average Bonchev–Trinajstić information content (AvgIpc) is 3.23. The normalized spacial score (nSPS) is 13.2. The molecule has 3 aromatic rings. The molecule has 0 radical (unpaired) electrons. The van der Waals surface area contributed by atoms with E-state index in [1.807, 2.05) is 29.2 Å². The van der Waals surface area contributed by atoms with Gasteiger partial charge >= 0.3 is 0 Å². The standard InChI is InChI=1S/C24H26N2O2/c1-2-5-21-10-8-20(18-26-13-4-12-25-26)16-22(21)7-3-6-19-9-11-23-24(17-19)28-15-14-27-23/h2,4-5,8-13,16-17H,3,6-7,14-15,18H2,1H3/b5-2+. The minimum Gasteiger partial charge on any atom is -0.486 e. The number of hydrogen-bond acceptors (Lipinski definition) is 3. The summed E-state index contributed by atoms with van der Waals surface area (Å²) in [4.78, 5) is 0. The third-order valence-electron chi connectivity index (χ3n) is 4.98. The van der Waals surface area contributed by atoms with Crippen molar-refractivity contribution in [1.82, 2.24) is 9.78 Å². The number of aryl methyl sites for hydroxylation is 2. The van der Waals surface area contributed by atoms with Crippen molar-refractivity contribution in [2.24, 2.45) is 0 Å². The van der Waals surface area contributed by atoms with E-state index < -0.39 is 0 Å². The van der Waals surface area contributed by atoms with Crippen molar-refractivity contribution in [2.45, 2.75) is 32.7 Å². The van der Waals surface area contributed by atoms with E-state index in [1.165, 1.54) is 22.3 Å². The lowest BCUT2D eigenvalue weighted by Crippen LogP contribution is -2.15. The number of hydrogen-bond donors (Lipinski definition) is 0. The number of nitrogens with zero attached hydrogens (tertiary/aromatic N) is 2. The first-order valence-electron chi connectivity index (χ1n) is 9.92. The molecule has 0 fully saturated rings. The van der Waals surface area contributed by atoms with Gasteiger partial charge in [0.05, 0.1) is 6.54 Å². The SMILES string of the molecule is C/C=C/c1ccc(Cn2cccn2)cc1CCCc1ccc2c(c1)OCCO2. The zero-order valence-electron chi connectivity index (χ0n) is 16.3. The Hall–Kier alpha value is -3.01.